The lowest BCUT2D eigenvalue weighted by molar-refractivity contribution is 0.0661. The van der Waals surface area contributed by atoms with Crippen LogP contribution in [0, 0.1) is 18.7 Å². The van der Waals surface area contributed by atoms with Crippen molar-refractivity contribution in [3.63, 3.8) is 0 Å². The van der Waals surface area contributed by atoms with Crippen molar-refractivity contribution in [1.29, 1.82) is 0 Å². The second kappa shape index (κ2) is 5.70. The molecule has 2 rings (SSSR count). The SMILES string of the molecule is Cc1cc(C(=O)N2CCC[C@@H]([C@H](C)N)C2)ccc1F. The molecule has 0 spiro atoms. The van der Waals surface area contributed by atoms with Crippen LogP contribution in [-0.2, 0) is 0 Å². The van der Waals surface area contributed by atoms with Crippen molar-refractivity contribution in [2.24, 2.45) is 11.7 Å². The van der Waals surface area contributed by atoms with E-state index in [9.17, 15) is 9.18 Å². The zero-order valence-electron chi connectivity index (χ0n) is 11.5. The molecular formula is C15H21FN2O. The number of carbonyl (C=O) groups is 1. The number of halogens is 1. The van der Waals surface area contributed by atoms with Gasteiger partial charge in [0.15, 0.2) is 0 Å². The van der Waals surface area contributed by atoms with Gasteiger partial charge in [0.25, 0.3) is 5.91 Å². The number of benzene rings is 1. The van der Waals surface area contributed by atoms with Gasteiger partial charge in [-0.1, -0.05) is 0 Å². The fraction of sp³-hybridized carbons (Fsp3) is 0.533. The number of hydrogen-bond acceptors (Lipinski definition) is 2. The van der Waals surface area contributed by atoms with E-state index >= 15 is 0 Å². The summed E-state index contributed by atoms with van der Waals surface area (Å²) in [4.78, 5) is 14.2. The molecule has 1 aromatic rings. The largest absolute Gasteiger partial charge is 0.338 e. The summed E-state index contributed by atoms with van der Waals surface area (Å²) in [7, 11) is 0. The number of likely N-dealkylation sites (tertiary alicyclic amines) is 1. The smallest absolute Gasteiger partial charge is 0.253 e. The first-order chi connectivity index (χ1) is 8.99. The molecule has 0 bridgehead atoms. The lowest BCUT2D eigenvalue weighted by Gasteiger charge is -2.34. The van der Waals surface area contributed by atoms with E-state index in [1.807, 2.05) is 11.8 Å². The number of aryl methyl sites for hydroxylation is 1. The molecule has 4 heteroatoms. The molecule has 0 aliphatic carbocycles. The molecule has 104 valence electrons. The predicted octanol–water partition coefficient (Wildman–Crippen LogP) is 2.33. The van der Waals surface area contributed by atoms with E-state index in [1.54, 1.807) is 19.1 Å². The van der Waals surface area contributed by atoms with Crippen molar-refractivity contribution in [2.45, 2.75) is 32.7 Å². The van der Waals surface area contributed by atoms with E-state index in [2.05, 4.69) is 0 Å². The van der Waals surface area contributed by atoms with Crippen LogP contribution in [0.2, 0.25) is 0 Å². The van der Waals surface area contributed by atoms with E-state index in [1.165, 1.54) is 6.07 Å². The maximum atomic E-state index is 13.2. The molecule has 0 aromatic heterocycles. The number of nitrogens with zero attached hydrogens (tertiary/aromatic N) is 1. The highest BCUT2D eigenvalue weighted by atomic mass is 19.1. The second-order valence-electron chi connectivity index (χ2n) is 5.48. The number of nitrogens with two attached hydrogens (primary N) is 1. The van der Waals surface area contributed by atoms with Crippen LogP contribution in [0.15, 0.2) is 18.2 Å². The van der Waals surface area contributed by atoms with Crippen molar-refractivity contribution >= 4 is 5.91 Å². The summed E-state index contributed by atoms with van der Waals surface area (Å²) in [5, 5.41) is 0. The Morgan fingerprint density at radius 1 is 1.53 bits per heavy atom. The maximum Gasteiger partial charge on any atom is 0.253 e. The maximum absolute atomic E-state index is 13.2. The quantitative estimate of drug-likeness (QED) is 0.891. The molecule has 1 fully saturated rings. The van der Waals surface area contributed by atoms with Gasteiger partial charge in [-0.15, -0.1) is 0 Å². The molecule has 2 atom stereocenters. The predicted molar refractivity (Wildman–Crippen MR) is 73.4 cm³/mol. The van der Waals surface area contributed by atoms with Crippen molar-refractivity contribution in [3.8, 4) is 0 Å². The Kier molecular flexibility index (Phi) is 4.20. The molecule has 1 saturated heterocycles. The molecule has 1 aromatic carbocycles. The molecule has 0 unspecified atom stereocenters. The molecule has 1 amide bonds. The summed E-state index contributed by atoms with van der Waals surface area (Å²) < 4.78 is 13.2. The van der Waals surface area contributed by atoms with Gasteiger partial charge in [0, 0.05) is 24.7 Å². The van der Waals surface area contributed by atoms with Gasteiger partial charge in [-0.3, -0.25) is 4.79 Å². The summed E-state index contributed by atoms with van der Waals surface area (Å²) in [5.74, 6) is 0.0661. The van der Waals surface area contributed by atoms with Gasteiger partial charge in [-0.2, -0.15) is 0 Å². The molecule has 0 radical (unpaired) electrons. The van der Waals surface area contributed by atoms with Crippen molar-refractivity contribution < 1.29 is 9.18 Å². The first-order valence-corrected chi connectivity index (χ1v) is 6.80. The third-order valence-electron chi connectivity index (χ3n) is 3.89. The summed E-state index contributed by atoms with van der Waals surface area (Å²) in [6.45, 7) is 5.12. The van der Waals surface area contributed by atoms with Crippen molar-refractivity contribution in [2.75, 3.05) is 13.1 Å². The third-order valence-corrected chi connectivity index (χ3v) is 3.89. The normalized spacial score (nSPS) is 21.3. The summed E-state index contributed by atoms with van der Waals surface area (Å²) in [5.41, 5.74) is 6.99. The highest BCUT2D eigenvalue weighted by molar-refractivity contribution is 5.94. The van der Waals surface area contributed by atoms with Crippen LogP contribution in [0.25, 0.3) is 0 Å². The fourth-order valence-electron chi connectivity index (χ4n) is 2.58. The average molecular weight is 264 g/mol. The Morgan fingerprint density at radius 3 is 2.89 bits per heavy atom. The highest BCUT2D eigenvalue weighted by Crippen LogP contribution is 2.21. The van der Waals surface area contributed by atoms with E-state index in [0.29, 0.717) is 23.6 Å². The molecule has 3 nitrogen and oxygen atoms in total. The zero-order chi connectivity index (χ0) is 14.0. The van der Waals surface area contributed by atoms with Crippen LogP contribution in [0.5, 0.6) is 0 Å². The van der Waals surface area contributed by atoms with E-state index < -0.39 is 0 Å². The minimum Gasteiger partial charge on any atom is -0.338 e. The first kappa shape index (κ1) is 14.0. The van der Waals surface area contributed by atoms with Crippen molar-refractivity contribution in [1.82, 2.24) is 4.90 Å². The minimum atomic E-state index is -0.274. The highest BCUT2D eigenvalue weighted by Gasteiger charge is 2.26. The summed E-state index contributed by atoms with van der Waals surface area (Å²) >= 11 is 0. The first-order valence-electron chi connectivity index (χ1n) is 6.80. The van der Waals surface area contributed by atoms with Crippen LogP contribution >= 0.6 is 0 Å². The van der Waals surface area contributed by atoms with Gasteiger partial charge >= 0.3 is 0 Å². The Hall–Kier alpha value is -1.42. The standard InChI is InChI=1S/C15H21FN2O/c1-10-8-12(5-6-14(10)16)15(19)18-7-3-4-13(9-18)11(2)17/h5-6,8,11,13H,3-4,7,9,17H2,1-2H3/t11-,13+/m0/s1. The Balaban J connectivity index is 2.12. The molecule has 1 aliphatic rings. The molecule has 2 N–H and O–H groups in total. The fourth-order valence-corrected chi connectivity index (χ4v) is 2.58. The van der Waals surface area contributed by atoms with E-state index in [4.69, 9.17) is 5.73 Å². The molecule has 19 heavy (non-hydrogen) atoms. The Morgan fingerprint density at radius 2 is 2.26 bits per heavy atom. The number of carbonyl (C=O) groups excluding carboxylic acids is 1. The van der Waals surface area contributed by atoms with Crippen LogP contribution in [0.4, 0.5) is 4.39 Å². The number of piperidine rings is 1. The number of hydrogen-bond donors (Lipinski definition) is 1. The Labute approximate surface area is 113 Å². The van der Waals surface area contributed by atoms with Crippen LogP contribution in [0.3, 0.4) is 0 Å². The topological polar surface area (TPSA) is 46.3 Å². The molecular weight excluding hydrogens is 243 g/mol. The van der Waals surface area contributed by atoms with E-state index in [-0.39, 0.29) is 17.8 Å². The average Bonchev–Trinajstić information content (AvgIpc) is 2.41. The van der Waals surface area contributed by atoms with Gasteiger partial charge < -0.3 is 10.6 Å². The van der Waals surface area contributed by atoms with Gasteiger partial charge in [-0.25, -0.2) is 4.39 Å². The zero-order valence-corrected chi connectivity index (χ0v) is 11.5. The van der Waals surface area contributed by atoms with Gasteiger partial charge in [-0.05, 0) is 56.4 Å². The third kappa shape index (κ3) is 3.13. The summed E-state index contributed by atoms with van der Waals surface area (Å²) in [6, 6.07) is 4.63. The summed E-state index contributed by atoms with van der Waals surface area (Å²) in [6.07, 6.45) is 2.06. The van der Waals surface area contributed by atoms with E-state index in [0.717, 1.165) is 19.4 Å². The lowest BCUT2D eigenvalue weighted by Crippen LogP contribution is -2.45. The van der Waals surface area contributed by atoms with Crippen LogP contribution in [0.1, 0.15) is 35.7 Å². The van der Waals surface area contributed by atoms with Crippen molar-refractivity contribution in [3.05, 3.63) is 35.1 Å². The second-order valence-corrected chi connectivity index (χ2v) is 5.48. The monoisotopic (exact) mass is 264 g/mol. The molecule has 1 aliphatic heterocycles. The van der Waals surface area contributed by atoms with Gasteiger partial charge in [0.1, 0.15) is 5.82 Å². The Bertz CT molecular complexity index is 473. The lowest BCUT2D eigenvalue weighted by atomic mass is 9.92. The molecule has 0 saturated carbocycles. The van der Waals surface area contributed by atoms with Gasteiger partial charge in [0.2, 0.25) is 0 Å². The molecule has 1 heterocycles. The van der Waals surface area contributed by atoms with Crippen LogP contribution < -0.4 is 5.73 Å². The number of amides is 1. The van der Waals surface area contributed by atoms with Gasteiger partial charge in [0.05, 0.1) is 0 Å². The van der Waals surface area contributed by atoms with Crippen LogP contribution in [-0.4, -0.2) is 29.9 Å². The minimum absolute atomic E-state index is 0.0200. The number of rotatable bonds is 2.